The lowest BCUT2D eigenvalue weighted by atomic mass is 9.75. The summed E-state index contributed by atoms with van der Waals surface area (Å²) in [5.74, 6) is -1.33. The molecule has 10 nitrogen and oxygen atoms in total. The van der Waals surface area contributed by atoms with E-state index < -0.39 is 42.3 Å². The molecule has 11 heteroatoms. The molecule has 0 aromatic rings. The summed E-state index contributed by atoms with van der Waals surface area (Å²) in [4.78, 5) is 38.4. The van der Waals surface area contributed by atoms with Gasteiger partial charge in [-0.1, -0.05) is 19.8 Å². The van der Waals surface area contributed by atoms with Crippen LogP contribution in [0.25, 0.3) is 0 Å². The molecule has 0 spiro atoms. The van der Waals surface area contributed by atoms with E-state index in [4.69, 9.17) is 14.0 Å². The van der Waals surface area contributed by atoms with Gasteiger partial charge in [0.2, 0.25) is 11.8 Å². The highest BCUT2D eigenvalue weighted by molar-refractivity contribution is 6.48. The summed E-state index contributed by atoms with van der Waals surface area (Å²) in [5.41, 5.74) is -1.12. The summed E-state index contributed by atoms with van der Waals surface area (Å²) in [6.07, 6.45) is 0.727. The zero-order valence-electron chi connectivity index (χ0n) is 19.2. The largest absolute Gasteiger partial charge is 0.481 e. The molecule has 2 aliphatic rings. The van der Waals surface area contributed by atoms with Gasteiger partial charge in [-0.25, -0.2) is 4.79 Å². The van der Waals surface area contributed by atoms with Crippen molar-refractivity contribution in [3.05, 3.63) is 0 Å². The molecule has 2 saturated heterocycles. The maximum Gasteiger partial charge on any atom is 0.481 e. The van der Waals surface area contributed by atoms with Crippen molar-refractivity contribution in [2.75, 3.05) is 26.3 Å². The van der Waals surface area contributed by atoms with Gasteiger partial charge < -0.3 is 34.7 Å². The molecule has 3 N–H and O–H groups in total. The van der Waals surface area contributed by atoms with Crippen LogP contribution in [0.3, 0.4) is 0 Å². The number of morpholine rings is 1. The molecule has 2 fully saturated rings. The van der Waals surface area contributed by atoms with E-state index in [9.17, 15) is 19.5 Å². The van der Waals surface area contributed by atoms with E-state index in [0.717, 1.165) is 12.8 Å². The van der Waals surface area contributed by atoms with E-state index in [1.807, 2.05) is 34.6 Å². The van der Waals surface area contributed by atoms with Crippen molar-refractivity contribution in [3.8, 4) is 0 Å². The first-order valence-electron chi connectivity index (χ1n) is 11.0. The summed E-state index contributed by atoms with van der Waals surface area (Å²) >= 11 is 0. The molecular formula is C20H36BN3O7. The van der Waals surface area contributed by atoms with Gasteiger partial charge in [-0.2, -0.15) is 0 Å². The van der Waals surface area contributed by atoms with Crippen molar-refractivity contribution in [3.63, 3.8) is 0 Å². The highest BCUT2D eigenvalue weighted by Gasteiger charge is 2.54. The van der Waals surface area contributed by atoms with Crippen LogP contribution in [0.4, 0.5) is 4.79 Å². The quantitative estimate of drug-likeness (QED) is 0.459. The highest BCUT2D eigenvalue weighted by atomic mass is 16.7. The van der Waals surface area contributed by atoms with Gasteiger partial charge in [-0.05, 0) is 34.1 Å². The fourth-order valence-electron chi connectivity index (χ4n) is 3.51. The lowest BCUT2D eigenvalue weighted by molar-refractivity contribution is -0.138. The summed E-state index contributed by atoms with van der Waals surface area (Å²) in [6, 6.07) is -1.21. The van der Waals surface area contributed by atoms with Crippen LogP contribution >= 0.6 is 0 Å². The van der Waals surface area contributed by atoms with Crippen LogP contribution in [0, 0.1) is 0 Å². The highest BCUT2D eigenvalue weighted by Crippen LogP contribution is 2.38. The molecule has 176 valence electrons. The van der Waals surface area contributed by atoms with Crippen molar-refractivity contribution in [2.45, 2.75) is 83.5 Å². The zero-order chi connectivity index (χ0) is 23.2. The number of rotatable bonds is 9. The van der Waals surface area contributed by atoms with Crippen molar-refractivity contribution in [1.29, 1.82) is 0 Å². The fourth-order valence-corrected chi connectivity index (χ4v) is 3.51. The summed E-state index contributed by atoms with van der Waals surface area (Å²) < 4.78 is 17.4. The number of ether oxygens (including phenoxy) is 1. The lowest BCUT2D eigenvalue weighted by Gasteiger charge is -2.32. The molecule has 1 unspecified atom stereocenters. The third-order valence-corrected chi connectivity index (χ3v) is 6.15. The van der Waals surface area contributed by atoms with Gasteiger partial charge in [0.15, 0.2) is 0 Å². The predicted octanol–water partition coefficient (Wildman–Crippen LogP) is 1.18. The van der Waals surface area contributed by atoms with Gasteiger partial charge >= 0.3 is 13.2 Å². The Morgan fingerprint density at radius 1 is 1.06 bits per heavy atom. The average molecular weight is 441 g/mol. The second-order valence-electron chi connectivity index (χ2n) is 9.08. The van der Waals surface area contributed by atoms with E-state index in [0.29, 0.717) is 32.7 Å². The van der Waals surface area contributed by atoms with Crippen LogP contribution in [0.5, 0.6) is 0 Å². The molecule has 0 aromatic carbocycles. The Morgan fingerprint density at radius 2 is 1.65 bits per heavy atom. The summed E-state index contributed by atoms with van der Waals surface area (Å²) in [5, 5.41) is 14.2. The first kappa shape index (κ1) is 25.4. The second-order valence-corrected chi connectivity index (χ2v) is 9.08. The molecule has 0 radical (unpaired) electrons. The molecular weight excluding hydrogens is 405 g/mol. The molecule has 2 atom stereocenters. The second kappa shape index (κ2) is 10.6. The topological polar surface area (TPSA) is 126 Å². The van der Waals surface area contributed by atoms with Gasteiger partial charge in [0, 0.05) is 13.1 Å². The molecule has 3 amide bonds. The molecule has 0 aromatic heterocycles. The Morgan fingerprint density at radius 3 is 2.16 bits per heavy atom. The van der Waals surface area contributed by atoms with Gasteiger partial charge in [-0.15, -0.1) is 0 Å². The molecule has 2 rings (SSSR count). The van der Waals surface area contributed by atoms with Crippen molar-refractivity contribution in [1.82, 2.24) is 15.5 Å². The number of amides is 3. The van der Waals surface area contributed by atoms with Crippen LogP contribution in [-0.4, -0.2) is 84.5 Å². The van der Waals surface area contributed by atoms with Crippen molar-refractivity contribution < 1.29 is 33.5 Å². The molecule has 0 saturated carbocycles. The number of carboxylic acid groups (broad SMARTS) is 1. The van der Waals surface area contributed by atoms with E-state index in [1.165, 1.54) is 0 Å². The Labute approximate surface area is 184 Å². The Bertz CT molecular complexity index is 637. The Balaban J connectivity index is 2.09. The Hall–Kier alpha value is -1.85. The molecule has 2 aliphatic heterocycles. The van der Waals surface area contributed by atoms with Gasteiger partial charge in [0.25, 0.3) is 0 Å². The maximum atomic E-state index is 13.0. The number of hydrogen-bond acceptors (Lipinski definition) is 6. The smallest absolute Gasteiger partial charge is 0.465 e. The first-order valence-corrected chi connectivity index (χ1v) is 11.0. The number of carbonyl (C=O) groups excluding carboxylic acids is 2. The minimum atomic E-state index is -1.37. The first-order chi connectivity index (χ1) is 14.5. The molecule has 0 bridgehead atoms. The standard InChI is InChI=1S/C20H36BN3O7/c1-6-7-8-15(21-30-19(2,3)20(4,5)31-21)23-17(26)14(22-18(27)28)13-16(25)24-9-11-29-12-10-24/h14-15,22H,6-13H2,1-5H3,(H,23,26)(H,27,28)/t14?,15-/m0/s1. The van der Waals surface area contributed by atoms with E-state index in [1.54, 1.807) is 4.90 Å². The summed E-state index contributed by atoms with van der Waals surface area (Å²) in [7, 11) is -0.666. The Kier molecular flexibility index (Phi) is 8.73. The monoisotopic (exact) mass is 441 g/mol. The van der Waals surface area contributed by atoms with E-state index in [-0.39, 0.29) is 12.3 Å². The van der Waals surface area contributed by atoms with Crippen molar-refractivity contribution >= 4 is 25.0 Å². The molecule has 0 aliphatic carbocycles. The minimum absolute atomic E-state index is 0.262. The number of unbranched alkanes of at least 4 members (excludes halogenated alkanes) is 1. The van der Waals surface area contributed by atoms with E-state index >= 15 is 0 Å². The summed E-state index contributed by atoms with van der Waals surface area (Å²) in [6.45, 7) is 11.5. The molecule has 31 heavy (non-hydrogen) atoms. The van der Waals surface area contributed by atoms with Crippen LogP contribution in [-0.2, 0) is 23.6 Å². The molecule has 2 heterocycles. The zero-order valence-corrected chi connectivity index (χ0v) is 19.2. The van der Waals surface area contributed by atoms with Gasteiger partial charge in [-0.3, -0.25) is 9.59 Å². The van der Waals surface area contributed by atoms with Gasteiger partial charge in [0.1, 0.15) is 6.04 Å². The maximum absolute atomic E-state index is 13.0. The van der Waals surface area contributed by atoms with Crippen LogP contribution < -0.4 is 10.6 Å². The lowest BCUT2D eigenvalue weighted by Crippen LogP contribution is -2.56. The number of hydrogen-bond donors (Lipinski definition) is 3. The van der Waals surface area contributed by atoms with Crippen molar-refractivity contribution in [2.24, 2.45) is 0 Å². The predicted molar refractivity (Wildman–Crippen MR) is 115 cm³/mol. The van der Waals surface area contributed by atoms with Crippen LogP contribution in [0.2, 0.25) is 0 Å². The number of nitrogens with one attached hydrogen (secondary N) is 2. The normalized spacial score (nSPS) is 22.0. The third-order valence-electron chi connectivity index (χ3n) is 6.15. The minimum Gasteiger partial charge on any atom is -0.465 e. The van der Waals surface area contributed by atoms with Crippen LogP contribution in [0.1, 0.15) is 60.3 Å². The average Bonchev–Trinajstić information content (AvgIpc) is 2.91. The number of carbonyl (C=O) groups is 3. The van der Waals surface area contributed by atoms with E-state index in [2.05, 4.69) is 10.6 Å². The fraction of sp³-hybridized carbons (Fsp3) is 0.850. The SMILES string of the molecule is CCCC[C@H](NC(=O)C(CC(=O)N1CCOCC1)NC(=O)O)B1OC(C)(C)C(C)(C)O1. The number of nitrogens with zero attached hydrogens (tertiary/aromatic N) is 1. The third kappa shape index (κ3) is 6.82. The van der Waals surface area contributed by atoms with Crippen LogP contribution in [0.15, 0.2) is 0 Å². The van der Waals surface area contributed by atoms with Gasteiger partial charge in [0.05, 0.1) is 36.8 Å².